The van der Waals surface area contributed by atoms with E-state index in [1.807, 2.05) is 0 Å². The Balaban J connectivity index is 4.70. The summed E-state index contributed by atoms with van der Waals surface area (Å²) >= 11 is 0. The van der Waals surface area contributed by atoms with E-state index in [2.05, 4.69) is 9.05 Å². The molecule has 8 heteroatoms. The van der Waals surface area contributed by atoms with Crippen molar-refractivity contribution < 1.29 is 31.9 Å². The van der Waals surface area contributed by atoms with Crippen LogP contribution in [0.3, 0.4) is 0 Å². The summed E-state index contributed by atoms with van der Waals surface area (Å²) < 4.78 is 57.4. The highest BCUT2D eigenvalue weighted by atomic mass is 31.2. The van der Waals surface area contributed by atoms with Crippen LogP contribution in [0.1, 0.15) is 26.7 Å². The molecule has 1 atom stereocenters. The Labute approximate surface area is 92.3 Å². The van der Waals surface area contributed by atoms with Crippen LogP contribution in [0, 0.1) is 0 Å². The van der Waals surface area contributed by atoms with Gasteiger partial charge in [-0.3, -0.25) is 4.57 Å². The molecule has 0 aromatic rings. The van der Waals surface area contributed by atoms with Crippen molar-refractivity contribution in [1.29, 1.82) is 0 Å². The maximum Gasteiger partial charge on any atom is 0.426 e. The average molecular weight is 264 g/mol. The minimum atomic E-state index is -5.02. The Hall–Kier alpha value is -0.100. The summed E-state index contributed by atoms with van der Waals surface area (Å²) in [6, 6.07) is 0. The standard InChI is InChI=1S/C8H16F3O4P/c1-3-5-14-16(13,15-6-4-2)7(12)8(9,10)11/h7,12H,3-6H2,1-2H3. The van der Waals surface area contributed by atoms with Gasteiger partial charge in [-0.2, -0.15) is 13.2 Å². The first-order chi connectivity index (χ1) is 7.28. The maximum atomic E-state index is 12.2. The maximum absolute atomic E-state index is 12.2. The quantitative estimate of drug-likeness (QED) is 0.718. The molecule has 0 aliphatic heterocycles. The minimum Gasteiger partial charge on any atom is -0.373 e. The van der Waals surface area contributed by atoms with Gasteiger partial charge in [0.2, 0.25) is 0 Å². The number of rotatable bonds is 7. The molecule has 98 valence electrons. The third-order valence-corrected chi connectivity index (χ3v) is 3.52. The Morgan fingerprint density at radius 1 is 1.19 bits per heavy atom. The van der Waals surface area contributed by atoms with Crippen molar-refractivity contribution in [1.82, 2.24) is 0 Å². The molecule has 0 fully saturated rings. The van der Waals surface area contributed by atoms with E-state index in [1.54, 1.807) is 13.8 Å². The highest BCUT2D eigenvalue weighted by Gasteiger charge is 2.53. The van der Waals surface area contributed by atoms with Gasteiger partial charge in [0.25, 0.3) is 5.85 Å². The van der Waals surface area contributed by atoms with Gasteiger partial charge in [-0.25, -0.2) is 0 Å². The molecule has 4 nitrogen and oxygen atoms in total. The topological polar surface area (TPSA) is 55.8 Å². The summed E-state index contributed by atoms with van der Waals surface area (Å²) in [4.78, 5) is 0. The van der Waals surface area contributed by atoms with Crippen molar-refractivity contribution in [3.8, 4) is 0 Å². The Bertz CT molecular complexity index is 232. The first-order valence-corrected chi connectivity index (χ1v) is 6.52. The van der Waals surface area contributed by atoms with Gasteiger partial charge in [0.05, 0.1) is 13.2 Å². The number of halogens is 3. The fourth-order valence-electron chi connectivity index (χ4n) is 0.795. The van der Waals surface area contributed by atoms with Crippen LogP contribution < -0.4 is 0 Å². The van der Waals surface area contributed by atoms with E-state index in [0.717, 1.165) is 0 Å². The molecule has 0 saturated heterocycles. The second kappa shape index (κ2) is 6.59. The number of hydrogen-bond donors (Lipinski definition) is 1. The molecule has 0 aromatic heterocycles. The van der Waals surface area contributed by atoms with Crippen LogP contribution in [0.25, 0.3) is 0 Å². The number of hydrogen-bond acceptors (Lipinski definition) is 4. The third kappa shape index (κ3) is 4.82. The van der Waals surface area contributed by atoms with E-state index in [9.17, 15) is 17.7 Å². The SMILES string of the molecule is CCCOP(=O)(OCCC)C(O)C(F)(F)F. The van der Waals surface area contributed by atoms with Crippen molar-refractivity contribution in [2.45, 2.75) is 38.7 Å². The summed E-state index contributed by atoms with van der Waals surface area (Å²) in [5.74, 6) is -3.09. The van der Waals surface area contributed by atoms with Crippen LogP contribution in [0.15, 0.2) is 0 Å². The van der Waals surface area contributed by atoms with Gasteiger partial charge in [0, 0.05) is 0 Å². The lowest BCUT2D eigenvalue weighted by atomic mass is 10.5. The molecule has 0 radical (unpaired) electrons. The third-order valence-electron chi connectivity index (χ3n) is 1.54. The molecule has 0 spiro atoms. The van der Waals surface area contributed by atoms with Gasteiger partial charge < -0.3 is 14.2 Å². The van der Waals surface area contributed by atoms with Gasteiger partial charge in [-0.1, -0.05) is 13.8 Å². The van der Waals surface area contributed by atoms with Gasteiger partial charge in [-0.05, 0) is 12.8 Å². The van der Waals surface area contributed by atoms with E-state index < -0.39 is 19.6 Å². The lowest BCUT2D eigenvalue weighted by Gasteiger charge is -2.24. The second-order valence-electron chi connectivity index (χ2n) is 3.12. The van der Waals surface area contributed by atoms with Crippen molar-refractivity contribution in [3.63, 3.8) is 0 Å². The van der Waals surface area contributed by atoms with Gasteiger partial charge in [0.15, 0.2) is 0 Å². The molecule has 0 aliphatic carbocycles. The van der Waals surface area contributed by atoms with E-state index in [-0.39, 0.29) is 13.2 Å². The molecule has 1 N–H and O–H groups in total. The first kappa shape index (κ1) is 15.9. The van der Waals surface area contributed by atoms with Crippen molar-refractivity contribution in [2.75, 3.05) is 13.2 Å². The van der Waals surface area contributed by atoms with E-state index in [1.165, 1.54) is 0 Å². The molecule has 0 bridgehead atoms. The molecule has 0 aromatic carbocycles. The Kier molecular flexibility index (Phi) is 6.55. The van der Waals surface area contributed by atoms with E-state index in [4.69, 9.17) is 5.11 Å². The second-order valence-corrected chi connectivity index (χ2v) is 5.21. The van der Waals surface area contributed by atoms with E-state index in [0.29, 0.717) is 12.8 Å². The molecule has 1 unspecified atom stereocenters. The Morgan fingerprint density at radius 2 is 1.56 bits per heavy atom. The van der Waals surface area contributed by atoms with E-state index >= 15 is 0 Å². The zero-order valence-corrected chi connectivity index (χ0v) is 10.1. The first-order valence-electron chi connectivity index (χ1n) is 4.91. The molecular formula is C8H16F3O4P. The monoisotopic (exact) mass is 264 g/mol. The molecule has 0 heterocycles. The van der Waals surface area contributed by atoms with Crippen molar-refractivity contribution in [2.24, 2.45) is 0 Å². The average Bonchev–Trinajstić information content (AvgIpc) is 2.21. The predicted octanol–water partition coefficient (Wildman–Crippen LogP) is 2.91. The normalized spacial score (nSPS) is 15.1. The zero-order valence-electron chi connectivity index (χ0n) is 9.16. The summed E-state index contributed by atoms with van der Waals surface area (Å²) in [5.41, 5.74) is 0. The van der Waals surface area contributed by atoms with Crippen LogP contribution in [-0.2, 0) is 13.6 Å². The van der Waals surface area contributed by atoms with Gasteiger partial charge in [-0.15, -0.1) is 0 Å². The summed E-state index contributed by atoms with van der Waals surface area (Å²) in [6.07, 6.45) is -4.26. The molecule has 0 aliphatic rings. The largest absolute Gasteiger partial charge is 0.426 e. The number of aliphatic hydroxyl groups is 1. The van der Waals surface area contributed by atoms with Crippen molar-refractivity contribution in [3.05, 3.63) is 0 Å². The minimum absolute atomic E-state index is 0.159. The zero-order chi connectivity index (χ0) is 12.8. The molecule has 16 heavy (non-hydrogen) atoms. The smallest absolute Gasteiger partial charge is 0.373 e. The Morgan fingerprint density at radius 3 is 1.81 bits per heavy atom. The summed E-state index contributed by atoms with van der Waals surface area (Å²) in [7, 11) is -4.53. The highest BCUT2D eigenvalue weighted by Crippen LogP contribution is 2.57. The van der Waals surface area contributed by atoms with Crippen LogP contribution in [0.5, 0.6) is 0 Å². The molecule has 0 rings (SSSR count). The number of aliphatic hydroxyl groups excluding tert-OH is 1. The van der Waals surface area contributed by atoms with Gasteiger partial charge >= 0.3 is 13.8 Å². The lowest BCUT2D eigenvalue weighted by molar-refractivity contribution is -0.182. The van der Waals surface area contributed by atoms with Crippen LogP contribution >= 0.6 is 7.60 Å². The van der Waals surface area contributed by atoms with Crippen molar-refractivity contribution >= 4 is 7.60 Å². The molecule has 0 amide bonds. The molecular weight excluding hydrogens is 248 g/mol. The van der Waals surface area contributed by atoms with Gasteiger partial charge in [0.1, 0.15) is 0 Å². The predicted molar refractivity (Wildman–Crippen MR) is 52.2 cm³/mol. The fourth-order valence-corrected chi connectivity index (χ4v) is 2.38. The van der Waals surface area contributed by atoms with Crippen LogP contribution in [0.2, 0.25) is 0 Å². The summed E-state index contributed by atoms with van der Waals surface area (Å²) in [6.45, 7) is 2.97. The highest BCUT2D eigenvalue weighted by molar-refractivity contribution is 7.54. The fraction of sp³-hybridized carbons (Fsp3) is 1.00. The summed E-state index contributed by atoms with van der Waals surface area (Å²) in [5, 5.41) is 8.92. The van der Waals surface area contributed by atoms with Crippen LogP contribution in [0.4, 0.5) is 13.2 Å². The lowest BCUT2D eigenvalue weighted by Crippen LogP contribution is -2.30. The number of alkyl halides is 3. The molecule has 0 saturated carbocycles. The van der Waals surface area contributed by atoms with Crippen LogP contribution in [-0.4, -0.2) is 30.3 Å².